The van der Waals surface area contributed by atoms with Crippen molar-refractivity contribution in [1.82, 2.24) is 14.7 Å². The second kappa shape index (κ2) is 9.67. The predicted octanol–water partition coefficient (Wildman–Crippen LogP) is 5.13. The van der Waals surface area contributed by atoms with E-state index in [0.717, 1.165) is 54.0 Å². The van der Waals surface area contributed by atoms with Gasteiger partial charge in [0.15, 0.2) is 0 Å². The van der Waals surface area contributed by atoms with Crippen LogP contribution in [0, 0.1) is 12.8 Å². The molecule has 1 aromatic heterocycles. The molecule has 0 spiro atoms. The lowest BCUT2D eigenvalue weighted by molar-refractivity contribution is 0.118. The van der Waals surface area contributed by atoms with Crippen LogP contribution in [0.4, 0.5) is 0 Å². The van der Waals surface area contributed by atoms with Crippen LogP contribution in [0.15, 0.2) is 54.6 Å². The highest BCUT2D eigenvalue weighted by Gasteiger charge is 2.28. The molecule has 1 aliphatic rings. The lowest BCUT2D eigenvalue weighted by Gasteiger charge is -2.24. The first kappa shape index (κ1) is 21.6. The fourth-order valence-corrected chi connectivity index (χ4v) is 3.95. The van der Waals surface area contributed by atoms with E-state index in [9.17, 15) is 5.11 Å². The summed E-state index contributed by atoms with van der Waals surface area (Å²) in [5.74, 6) is 2.31. The standard InChI is InChI=1S/C26H33N3O2/c1-4-25-24(18-28(16-20(3)30)17-21-12-13-21)26(31-23-14-10-19(2)11-15-23)29(27-25)22-8-6-5-7-9-22/h5-11,14-15,20-21,30H,4,12-13,16-18H2,1-3H3/t20-/m0/s1. The molecule has 1 atom stereocenters. The van der Waals surface area contributed by atoms with Crippen molar-refractivity contribution >= 4 is 0 Å². The quantitative estimate of drug-likeness (QED) is 0.495. The van der Waals surface area contributed by atoms with Crippen molar-refractivity contribution in [3.63, 3.8) is 0 Å². The van der Waals surface area contributed by atoms with Crippen molar-refractivity contribution in [2.24, 2.45) is 5.92 Å². The SMILES string of the molecule is CCc1nn(-c2ccccc2)c(Oc2ccc(C)cc2)c1CN(CC1CC1)C[C@H](C)O. The number of benzene rings is 2. The Kier molecular flexibility index (Phi) is 6.73. The molecule has 0 amide bonds. The molecule has 3 aromatic rings. The van der Waals surface area contributed by atoms with Gasteiger partial charge in [-0.2, -0.15) is 5.10 Å². The van der Waals surface area contributed by atoms with Crippen LogP contribution in [0.25, 0.3) is 5.69 Å². The van der Waals surface area contributed by atoms with Gasteiger partial charge in [-0.15, -0.1) is 0 Å². The zero-order chi connectivity index (χ0) is 21.8. The number of aromatic nitrogens is 2. The molecule has 0 unspecified atom stereocenters. The van der Waals surface area contributed by atoms with E-state index in [0.29, 0.717) is 6.54 Å². The van der Waals surface area contributed by atoms with E-state index in [1.807, 2.05) is 41.9 Å². The molecule has 0 radical (unpaired) electrons. The minimum Gasteiger partial charge on any atom is -0.439 e. The molecule has 5 nitrogen and oxygen atoms in total. The number of hydrogen-bond donors (Lipinski definition) is 1. The lowest BCUT2D eigenvalue weighted by Crippen LogP contribution is -2.32. The summed E-state index contributed by atoms with van der Waals surface area (Å²) in [7, 11) is 0. The summed E-state index contributed by atoms with van der Waals surface area (Å²) in [6.45, 7) is 8.45. The maximum atomic E-state index is 10.1. The topological polar surface area (TPSA) is 50.5 Å². The first-order valence-electron chi connectivity index (χ1n) is 11.3. The van der Waals surface area contributed by atoms with E-state index in [-0.39, 0.29) is 6.10 Å². The zero-order valence-electron chi connectivity index (χ0n) is 18.8. The van der Waals surface area contributed by atoms with Crippen LogP contribution >= 0.6 is 0 Å². The molecular weight excluding hydrogens is 386 g/mol. The fourth-order valence-electron chi connectivity index (χ4n) is 3.95. The molecule has 31 heavy (non-hydrogen) atoms. The molecular formula is C26H33N3O2. The number of aliphatic hydroxyl groups is 1. The molecule has 0 aliphatic heterocycles. The Morgan fingerprint density at radius 1 is 1.13 bits per heavy atom. The number of hydrogen-bond acceptors (Lipinski definition) is 4. The Bertz CT molecular complexity index is 972. The van der Waals surface area contributed by atoms with Crippen LogP contribution in [0.1, 0.15) is 43.5 Å². The zero-order valence-corrected chi connectivity index (χ0v) is 18.8. The second-order valence-corrected chi connectivity index (χ2v) is 8.73. The normalized spacial score (nSPS) is 14.7. The molecule has 1 saturated carbocycles. The molecule has 2 aromatic carbocycles. The molecule has 1 aliphatic carbocycles. The molecule has 1 heterocycles. The number of ether oxygens (including phenoxy) is 1. The van der Waals surface area contributed by atoms with Crippen molar-refractivity contribution in [3.05, 3.63) is 71.4 Å². The predicted molar refractivity (Wildman–Crippen MR) is 124 cm³/mol. The van der Waals surface area contributed by atoms with E-state index in [1.54, 1.807) is 0 Å². The second-order valence-electron chi connectivity index (χ2n) is 8.73. The number of para-hydroxylation sites is 1. The summed E-state index contributed by atoms with van der Waals surface area (Å²) >= 11 is 0. The summed E-state index contributed by atoms with van der Waals surface area (Å²) in [6.07, 6.45) is 3.03. The highest BCUT2D eigenvalue weighted by Crippen LogP contribution is 2.34. The molecule has 4 rings (SSSR count). The van der Waals surface area contributed by atoms with E-state index >= 15 is 0 Å². The third kappa shape index (κ3) is 5.54. The summed E-state index contributed by atoms with van der Waals surface area (Å²) in [5.41, 5.74) is 4.33. The van der Waals surface area contributed by atoms with Crippen LogP contribution in [0.3, 0.4) is 0 Å². The van der Waals surface area contributed by atoms with Crippen LogP contribution in [0.2, 0.25) is 0 Å². The van der Waals surface area contributed by atoms with Crippen LogP contribution in [-0.2, 0) is 13.0 Å². The summed E-state index contributed by atoms with van der Waals surface area (Å²) in [4.78, 5) is 2.36. The number of aryl methyl sites for hydroxylation is 2. The minimum atomic E-state index is -0.366. The van der Waals surface area contributed by atoms with Gasteiger partial charge in [-0.05, 0) is 63.3 Å². The van der Waals surface area contributed by atoms with Gasteiger partial charge < -0.3 is 9.84 Å². The Balaban J connectivity index is 1.74. The van der Waals surface area contributed by atoms with Crippen molar-refractivity contribution in [2.75, 3.05) is 13.1 Å². The van der Waals surface area contributed by atoms with Crippen molar-refractivity contribution in [3.8, 4) is 17.3 Å². The summed E-state index contributed by atoms with van der Waals surface area (Å²) in [6, 6.07) is 18.3. The van der Waals surface area contributed by atoms with Gasteiger partial charge in [-0.3, -0.25) is 4.90 Å². The summed E-state index contributed by atoms with van der Waals surface area (Å²) < 4.78 is 8.39. The van der Waals surface area contributed by atoms with Crippen molar-refractivity contribution in [1.29, 1.82) is 0 Å². The number of nitrogens with zero attached hydrogens (tertiary/aromatic N) is 3. The average molecular weight is 420 g/mol. The molecule has 0 bridgehead atoms. The largest absolute Gasteiger partial charge is 0.439 e. The molecule has 0 saturated heterocycles. The van der Waals surface area contributed by atoms with E-state index in [2.05, 4.69) is 43.0 Å². The maximum Gasteiger partial charge on any atom is 0.227 e. The van der Waals surface area contributed by atoms with E-state index in [1.165, 1.54) is 18.4 Å². The van der Waals surface area contributed by atoms with Crippen molar-refractivity contribution in [2.45, 2.75) is 52.7 Å². The Labute approximate surface area is 185 Å². The lowest BCUT2D eigenvalue weighted by atomic mass is 10.1. The molecule has 164 valence electrons. The molecule has 5 heteroatoms. The third-order valence-electron chi connectivity index (χ3n) is 5.71. The average Bonchev–Trinajstić information content (AvgIpc) is 3.51. The first-order valence-corrected chi connectivity index (χ1v) is 11.3. The van der Waals surface area contributed by atoms with Crippen molar-refractivity contribution < 1.29 is 9.84 Å². The number of aliphatic hydroxyl groups excluding tert-OH is 1. The van der Waals surface area contributed by atoms with Gasteiger partial charge in [0.1, 0.15) is 5.75 Å². The Morgan fingerprint density at radius 2 is 1.84 bits per heavy atom. The summed E-state index contributed by atoms with van der Waals surface area (Å²) in [5, 5.41) is 15.0. The van der Waals surface area contributed by atoms with Gasteiger partial charge in [-0.1, -0.05) is 42.8 Å². The van der Waals surface area contributed by atoms with Gasteiger partial charge in [0.05, 0.1) is 23.0 Å². The number of rotatable bonds is 10. The first-order chi connectivity index (χ1) is 15.0. The third-order valence-corrected chi connectivity index (χ3v) is 5.71. The van der Waals surface area contributed by atoms with Gasteiger partial charge in [0.2, 0.25) is 5.88 Å². The maximum absolute atomic E-state index is 10.1. The minimum absolute atomic E-state index is 0.366. The van der Waals surface area contributed by atoms with E-state index in [4.69, 9.17) is 9.84 Å². The molecule has 1 N–H and O–H groups in total. The van der Waals surface area contributed by atoms with Gasteiger partial charge in [0, 0.05) is 19.6 Å². The van der Waals surface area contributed by atoms with Gasteiger partial charge >= 0.3 is 0 Å². The highest BCUT2D eigenvalue weighted by molar-refractivity contribution is 5.44. The Hall–Kier alpha value is -2.63. The van der Waals surface area contributed by atoms with Gasteiger partial charge in [-0.25, -0.2) is 4.68 Å². The van der Waals surface area contributed by atoms with E-state index < -0.39 is 0 Å². The van der Waals surface area contributed by atoms with Crippen LogP contribution < -0.4 is 4.74 Å². The van der Waals surface area contributed by atoms with Crippen LogP contribution in [0.5, 0.6) is 11.6 Å². The van der Waals surface area contributed by atoms with Gasteiger partial charge in [0.25, 0.3) is 0 Å². The highest BCUT2D eigenvalue weighted by atomic mass is 16.5. The smallest absolute Gasteiger partial charge is 0.227 e. The monoisotopic (exact) mass is 419 g/mol. The van der Waals surface area contributed by atoms with Crippen LogP contribution in [-0.4, -0.2) is 39.0 Å². The fraction of sp³-hybridized carbons (Fsp3) is 0.423. The Morgan fingerprint density at radius 3 is 2.45 bits per heavy atom. The molecule has 1 fully saturated rings.